The van der Waals surface area contributed by atoms with Crippen LogP contribution in [0.25, 0.3) is 0 Å². The molecule has 2 N–H and O–H groups in total. The predicted octanol–water partition coefficient (Wildman–Crippen LogP) is 2.77. The number of nitrogens with one attached hydrogen (secondary N) is 2. The van der Waals surface area contributed by atoms with Gasteiger partial charge in [-0.25, -0.2) is 9.97 Å². The second-order valence-corrected chi connectivity index (χ2v) is 6.19. The van der Waals surface area contributed by atoms with Gasteiger partial charge in [-0.15, -0.1) is 0 Å². The normalized spacial score (nSPS) is 10.9. The third kappa shape index (κ3) is 4.58. The molecule has 0 unspecified atom stereocenters. The summed E-state index contributed by atoms with van der Waals surface area (Å²) in [6.45, 7) is 5.75. The largest absolute Gasteiger partial charge is 0.493 e. The quantitative estimate of drug-likeness (QED) is 0.877. The van der Waals surface area contributed by atoms with Crippen LogP contribution >= 0.6 is 0 Å². The molecule has 0 radical (unpaired) electrons. The molecule has 128 valence electrons. The highest BCUT2D eigenvalue weighted by atomic mass is 16.5. The van der Waals surface area contributed by atoms with E-state index in [4.69, 9.17) is 9.47 Å². The van der Waals surface area contributed by atoms with Crippen LogP contribution < -0.4 is 20.1 Å². The van der Waals surface area contributed by atoms with Crippen LogP contribution in [0.4, 0.5) is 11.6 Å². The van der Waals surface area contributed by atoms with Crippen LogP contribution in [0, 0.1) is 0 Å². The summed E-state index contributed by atoms with van der Waals surface area (Å²) < 4.78 is 10.4. The Kier molecular flexibility index (Phi) is 5.23. The monoisotopic (exact) mass is 330 g/mol. The molecule has 0 aliphatic carbocycles. The second-order valence-electron chi connectivity index (χ2n) is 6.19. The zero-order valence-corrected chi connectivity index (χ0v) is 14.5. The van der Waals surface area contributed by atoms with Crippen molar-refractivity contribution in [3.63, 3.8) is 0 Å². The van der Waals surface area contributed by atoms with Crippen LogP contribution in [0.3, 0.4) is 0 Å². The predicted molar refractivity (Wildman–Crippen MR) is 92.1 cm³/mol. The maximum Gasteiger partial charge on any atom is 0.254 e. The fourth-order valence-electron chi connectivity index (χ4n) is 1.97. The SMILES string of the molecule is COc1ccc(Nc2ncc(C(=O)NC(C)(C)C)cn2)cc1OC. The molecule has 0 aliphatic heterocycles. The standard InChI is InChI=1S/C17H22N4O3/c1-17(2,3)21-15(22)11-9-18-16(19-10-11)20-12-6-7-13(23-4)14(8-12)24-5/h6-10H,1-5H3,(H,21,22)(H,18,19,20). The zero-order chi connectivity index (χ0) is 17.7. The summed E-state index contributed by atoms with van der Waals surface area (Å²) in [6, 6.07) is 5.39. The zero-order valence-electron chi connectivity index (χ0n) is 14.5. The van der Waals surface area contributed by atoms with Gasteiger partial charge in [0.15, 0.2) is 11.5 Å². The number of carbonyl (C=O) groups excluding carboxylic acids is 1. The van der Waals surface area contributed by atoms with Crippen molar-refractivity contribution in [1.29, 1.82) is 0 Å². The molecule has 0 atom stereocenters. The van der Waals surface area contributed by atoms with Crippen molar-refractivity contribution >= 4 is 17.5 Å². The molecule has 7 nitrogen and oxygen atoms in total. The van der Waals surface area contributed by atoms with E-state index in [1.165, 1.54) is 12.4 Å². The summed E-state index contributed by atoms with van der Waals surface area (Å²) in [5.74, 6) is 1.41. The van der Waals surface area contributed by atoms with Gasteiger partial charge in [0.05, 0.1) is 19.8 Å². The first kappa shape index (κ1) is 17.5. The second kappa shape index (κ2) is 7.16. The van der Waals surface area contributed by atoms with Crippen LogP contribution in [-0.2, 0) is 0 Å². The van der Waals surface area contributed by atoms with Crippen LogP contribution in [0.5, 0.6) is 11.5 Å². The molecule has 0 saturated heterocycles. The molecular weight excluding hydrogens is 308 g/mol. The summed E-state index contributed by atoms with van der Waals surface area (Å²) in [7, 11) is 3.15. The number of aromatic nitrogens is 2. The van der Waals surface area contributed by atoms with Crippen LogP contribution in [0.2, 0.25) is 0 Å². The summed E-state index contributed by atoms with van der Waals surface area (Å²) >= 11 is 0. The van der Waals surface area contributed by atoms with Crippen molar-refractivity contribution in [3.8, 4) is 11.5 Å². The Morgan fingerprint density at radius 1 is 1.04 bits per heavy atom. The molecular formula is C17H22N4O3. The third-order valence-corrected chi connectivity index (χ3v) is 3.04. The Bertz CT molecular complexity index is 709. The molecule has 7 heteroatoms. The molecule has 0 aliphatic rings. The maximum absolute atomic E-state index is 12.0. The lowest BCUT2D eigenvalue weighted by atomic mass is 10.1. The molecule has 1 aromatic carbocycles. The fraction of sp³-hybridized carbons (Fsp3) is 0.353. The lowest BCUT2D eigenvalue weighted by Crippen LogP contribution is -2.40. The molecule has 1 aromatic heterocycles. The Morgan fingerprint density at radius 3 is 2.21 bits per heavy atom. The van der Waals surface area contributed by atoms with Crippen molar-refractivity contribution in [2.24, 2.45) is 0 Å². The molecule has 1 amide bonds. The van der Waals surface area contributed by atoms with Gasteiger partial charge in [0.1, 0.15) is 0 Å². The highest BCUT2D eigenvalue weighted by molar-refractivity contribution is 5.94. The van der Waals surface area contributed by atoms with Crippen molar-refractivity contribution in [2.45, 2.75) is 26.3 Å². The fourth-order valence-corrected chi connectivity index (χ4v) is 1.97. The molecule has 2 aromatic rings. The number of nitrogens with zero attached hydrogens (tertiary/aromatic N) is 2. The minimum Gasteiger partial charge on any atom is -0.493 e. The number of carbonyl (C=O) groups is 1. The number of rotatable bonds is 5. The van der Waals surface area contributed by atoms with Crippen molar-refractivity contribution < 1.29 is 14.3 Å². The number of ether oxygens (including phenoxy) is 2. The van der Waals surface area contributed by atoms with E-state index in [1.54, 1.807) is 26.4 Å². The Morgan fingerprint density at radius 2 is 1.67 bits per heavy atom. The number of methoxy groups -OCH3 is 2. The first-order valence-corrected chi connectivity index (χ1v) is 7.46. The number of anilines is 2. The lowest BCUT2D eigenvalue weighted by Gasteiger charge is -2.20. The number of hydrogen-bond acceptors (Lipinski definition) is 6. The average Bonchev–Trinajstić information content (AvgIpc) is 2.53. The van der Waals surface area contributed by atoms with Crippen LogP contribution in [-0.4, -0.2) is 35.6 Å². The highest BCUT2D eigenvalue weighted by Gasteiger charge is 2.16. The summed E-state index contributed by atoms with van der Waals surface area (Å²) in [4.78, 5) is 20.4. The van der Waals surface area contributed by atoms with E-state index in [1.807, 2.05) is 26.8 Å². The first-order chi connectivity index (χ1) is 11.3. The van der Waals surface area contributed by atoms with Gasteiger partial charge in [0, 0.05) is 29.7 Å². The van der Waals surface area contributed by atoms with Crippen molar-refractivity contribution in [3.05, 3.63) is 36.2 Å². The van der Waals surface area contributed by atoms with Crippen molar-refractivity contribution in [1.82, 2.24) is 15.3 Å². The van der Waals surface area contributed by atoms with E-state index in [0.29, 0.717) is 23.0 Å². The van der Waals surface area contributed by atoms with E-state index < -0.39 is 0 Å². The molecule has 2 rings (SSSR count). The molecule has 0 spiro atoms. The van der Waals surface area contributed by atoms with Gasteiger partial charge >= 0.3 is 0 Å². The lowest BCUT2D eigenvalue weighted by molar-refractivity contribution is 0.0919. The molecule has 0 bridgehead atoms. The number of hydrogen-bond donors (Lipinski definition) is 2. The van der Waals surface area contributed by atoms with Gasteiger partial charge in [-0.2, -0.15) is 0 Å². The van der Waals surface area contributed by atoms with Crippen LogP contribution in [0.1, 0.15) is 31.1 Å². The van der Waals surface area contributed by atoms with Crippen LogP contribution in [0.15, 0.2) is 30.6 Å². The smallest absolute Gasteiger partial charge is 0.254 e. The Balaban J connectivity index is 2.10. The third-order valence-electron chi connectivity index (χ3n) is 3.04. The van der Waals surface area contributed by atoms with E-state index >= 15 is 0 Å². The molecule has 1 heterocycles. The highest BCUT2D eigenvalue weighted by Crippen LogP contribution is 2.30. The summed E-state index contributed by atoms with van der Waals surface area (Å²) in [6.07, 6.45) is 2.97. The van der Waals surface area contributed by atoms with Gasteiger partial charge in [0.25, 0.3) is 5.91 Å². The minimum absolute atomic E-state index is 0.208. The molecule has 24 heavy (non-hydrogen) atoms. The number of amides is 1. The van der Waals surface area contributed by atoms with Crippen molar-refractivity contribution in [2.75, 3.05) is 19.5 Å². The van der Waals surface area contributed by atoms with Gasteiger partial charge < -0.3 is 20.1 Å². The maximum atomic E-state index is 12.0. The first-order valence-electron chi connectivity index (χ1n) is 7.46. The molecule has 0 saturated carbocycles. The summed E-state index contributed by atoms with van der Waals surface area (Å²) in [5.41, 5.74) is 0.843. The Labute approximate surface area is 141 Å². The Hall–Kier alpha value is -2.83. The summed E-state index contributed by atoms with van der Waals surface area (Å²) in [5, 5.41) is 5.92. The van der Waals surface area contributed by atoms with E-state index in [-0.39, 0.29) is 11.4 Å². The number of benzene rings is 1. The van der Waals surface area contributed by atoms with Gasteiger partial charge in [-0.3, -0.25) is 4.79 Å². The van der Waals surface area contributed by atoms with E-state index in [2.05, 4.69) is 20.6 Å². The molecule has 0 fully saturated rings. The van der Waals surface area contributed by atoms with Gasteiger partial charge in [-0.05, 0) is 32.9 Å². The topological polar surface area (TPSA) is 85.4 Å². The van der Waals surface area contributed by atoms with Gasteiger partial charge in [0.2, 0.25) is 5.95 Å². The minimum atomic E-state index is -0.312. The van der Waals surface area contributed by atoms with E-state index in [9.17, 15) is 4.79 Å². The average molecular weight is 330 g/mol. The van der Waals surface area contributed by atoms with E-state index in [0.717, 1.165) is 5.69 Å². The van der Waals surface area contributed by atoms with Gasteiger partial charge in [-0.1, -0.05) is 0 Å².